The average Bonchev–Trinajstić information content (AvgIpc) is 2.74. The van der Waals surface area contributed by atoms with E-state index in [1.807, 2.05) is 12.1 Å². The van der Waals surface area contributed by atoms with Gasteiger partial charge in [-0.3, -0.25) is 0 Å². The molecule has 2 heterocycles. The third kappa shape index (κ3) is 3.54. The fourth-order valence-electron chi connectivity index (χ4n) is 3.09. The highest BCUT2D eigenvalue weighted by Crippen LogP contribution is 2.24. The normalized spacial score (nSPS) is 11.3. The van der Waals surface area contributed by atoms with Gasteiger partial charge in [0.05, 0.1) is 21.8 Å². The molecule has 0 radical (unpaired) electrons. The topological polar surface area (TPSA) is 86.2 Å². The lowest BCUT2D eigenvalue weighted by Crippen LogP contribution is -2.04. The van der Waals surface area contributed by atoms with Gasteiger partial charge < -0.3 is 8.83 Å². The van der Waals surface area contributed by atoms with Crippen molar-refractivity contribution < 1.29 is 8.83 Å². The molecule has 5 rings (SSSR count). The van der Waals surface area contributed by atoms with Gasteiger partial charge in [-0.15, -0.1) is 0 Å². The lowest BCUT2D eigenvalue weighted by molar-refractivity contribution is 0.516. The molecule has 0 atom stereocenters. The van der Waals surface area contributed by atoms with E-state index in [2.05, 4.69) is 55.1 Å². The van der Waals surface area contributed by atoms with Crippen LogP contribution in [0.5, 0.6) is 0 Å². The number of hydrogen-bond acceptors (Lipinski definition) is 6. The van der Waals surface area contributed by atoms with Gasteiger partial charge in [0, 0.05) is 18.3 Å². The molecule has 8 heteroatoms. The molecule has 0 amide bonds. The molecule has 5 aromatic rings. The maximum atomic E-state index is 12.3. The van der Waals surface area contributed by atoms with Crippen molar-refractivity contribution in [1.82, 2.24) is 9.97 Å². The van der Waals surface area contributed by atoms with Crippen molar-refractivity contribution in [1.29, 1.82) is 0 Å². The van der Waals surface area contributed by atoms with Gasteiger partial charge in [0.15, 0.2) is 0 Å². The zero-order valence-electron chi connectivity index (χ0n) is 15.1. The lowest BCUT2D eigenvalue weighted by Gasteiger charge is -2.05. The molecule has 0 fully saturated rings. The van der Waals surface area contributed by atoms with E-state index in [9.17, 15) is 9.59 Å². The van der Waals surface area contributed by atoms with Crippen molar-refractivity contribution in [3.05, 3.63) is 88.6 Å². The van der Waals surface area contributed by atoms with Gasteiger partial charge in [0.2, 0.25) is 11.8 Å². The summed E-state index contributed by atoms with van der Waals surface area (Å²) in [5.74, 6) is 0.450. The Hall–Kier alpha value is -2.60. The van der Waals surface area contributed by atoms with Crippen LogP contribution in [0.3, 0.4) is 0 Å². The fraction of sp³-hybridized carbons (Fsp3) is 0. The van der Waals surface area contributed by atoms with Crippen molar-refractivity contribution >= 4 is 67.0 Å². The molecule has 6 nitrogen and oxygen atoms in total. The molecule has 0 spiro atoms. The highest BCUT2D eigenvalue weighted by Gasteiger charge is 2.12. The molecule has 0 saturated heterocycles. The molecule has 30 heavy (non-hydrogen) atoms. The summed E-state index contributed by atoms with van der Waals surface area (Å²) in [7, 11) is 0. The summed E-state index contributed by atoms with van der Waals surface area (Å²) in [6.07, 6.45) is 0. The second-order valence-electron chi connectivity index (χ2n) is 6.51. The minimum atomic E-state index is -0.436. The first-order valence-corrected chi connectivity index (χ1v) is 11.0. The summed E-state index contributed by atoms with van der Waals surface area (Å²) >= 11 is 4.27. The number of fused-ring (bicyclic) bond motifs is 2. The number of halogens is 2. The molecule has 0 N–H and O–H groups in total. The van der Waals surface area contributed by atoms with Crippen LogP contribution in [-0.4, -0.2) is 9.97 Å². The van der Waals surface area contributed by atoms with Gasteiger partial charge in [-0.25, -0.2) is 19.6 Å². The Morgan fingerprint density at radius 3 is 1.40 bits per heavy atom. The van der Waals surface area contributed by atoms with Crippen molar-refractivity contribution in [3.63, 3.8) is 0 Å². The van der Waals surface area contributed by atoms with Crippen LogP contribution in [-0.2, 0) is 0 Å². The van der Waals surface area contributed by atoms with E-state index in [0.29, 0.717) is 32.9 Å². The second-order valence-corrected chi connectivity index (χ2v) is 9.00. The summed E-state index contributed by atoms with van der Waals surface area (Å²) in [6, 6.07) is 17.8. The fourth-order valence-corrected chi connectivity index (χ4v) is 4.07. The van der Waals surface area contributed by atoms with Gasteiger partial charge in [-0.1, -0.05) is 0 Å². The van der Waals surface area contributed by atoms with Crippen LogP contribution in [0.1, 0.15) is 0 Å². The number of hydrogen-bond donors (Lipinski definition) is 0. The van der Waals surface area contributed by atoms with Crippen LogP contribution in [0.2, 0.25) is 0 Å². The zero-order chi connectivity index (χ0) is 20.8. The predicted molar refractivity (Wildman–Crippen MR) is 130 cm³/mol. The number of rotatable bonds is 2. The summed E-state index contributed by atoms with van der Waals surface area (Å²) in [4.78, 5) is 33.6. The van der Waals surface area contributed by atoms with E-state index in [0.717, 1.165) is 7.14 Å². The smallest absolute Gasteiger partial charge is 0.347 e. The Morgan fingerprint density at radius 1 is 0.600 bits per heavy atom. The highest BCUT2D eigenvalue weighted by molar-refractivity contribution is 14.1. The van der Waals surface area contributed by atoms with Gasteiger partial charge in [-0.2, -0.15) is 0 Å². The molecule has 0 aliphatic rings. The largest absolute Gasteiger partial charge is 0.403 e. The molecule has 0 aliphatic heterocycles. The van der Waals surface area contributed by atoms with Gasteiger partial charge in [-0.05, 0) is 106 Å². The van der Waals surface area contributed by atoms with Crippen LogP contribution in [0.15, 0.2) is 79.1 Å². The molecule has 146 valence electrons. The Balaban J connectivity index is 1.56. The van der Waals surface area contributed by atoms with Crippen molar-refractivity contribution in [2.75, 3.05) is 0 Å². The van der Waals surface area contributed by atoms with Crippen LogP contribution in [0.4, 0.5) is 0 Å². The molecule has 3 aromatic carbocycles. The molecule has 2 aromatic heterocycles. The van der Waals surface area contributed by atoms with Crippen molar-refractivity contribution in [2.45, 2.75) is 0 Å². The quantitative estimate of drug-likeness (QED) is 0.252. The SMILES string of the molecule is O=c1oc(-c2ccc(-c3nc4ccc(I)cc4c(=O)o3)cc2)nc2ccc(I)cc12. The highest BCUT2D eigenvalue weighted by atomic mass is 127. The predicted octanol–water partition coefficient (Wildman–Crippen LogP) is 5.23. The first kappa shape index (κ1) is 19.4. The first-order valence-electron chi connectivity index (χ1n) is 8.79. The van der Waals surface area contributed by atoms with Crippen LogP contribution in [0, 0.1) is 7.14 Å². The maximum Gasteiger partial charge on any atom is 0.347 e. The van der Waals surface area contributed by atoms with E-state index in [-0.39, 0.29) is 11.8 Å². The monoisotopic (exact) mass is 620 g/mol. The number of aromatic nitrogens is 2. The number of nitrogens with zero attached hydrogens (tertiary/aromatic N) is 2. The van der Waals surface area contributed by atoms with E-state index in [1.54, 1.807) is 48.5 Å². The molecular formula is C22H10I2N2O4. The molecule has 0 bridgehead atoms. The third-order valence-electron chi connectivity index (χ3n) is 4.56. The van der Waals surface area contributed by atoms with Crippen molar-refractivity contribution in [2.24, 2.45) is 0 Å². The van der Waals surface area contributed by atoms with Crippen LogP contribution < -0.4 is 11.3 Å². The second kappa shape index (κ2) is 7.58. The van der Waals surface area contributed by atoms with Gasteiger partial charge in [0.1, 0.15) is 0 Å². The van der Waals surface area contributed by atoms with E-state index in [1.165, 1.54) is 0 Å². The number of benzene rings is 3. The lowest BCUT2D eigenvalue weighted by atomic mass is 10.1. The average molecular weight is 620 g/mol. The molecular weight excluding hydrogens is 610 g/mol. The summed E-state index contributed by atoms with van der Waals surface area (Å²) < 4.78 is 12.7. The van der Waals surface area contributed by atoms with Gasteiger partial charge >= 0.3 is 11.3 Å². The minimum absolute atomic E-state index is 0.225. The van der Waals surface area contributed by atoms with Crippen molar-refractivity contribution in [3.8, 4) is 22.9 Å². The summed E-state index contributed by atoms with van der Waals surface area (Å²) in [6.45, 7) is 0. The van der Waals surface area contributed by atoms with Crippen LogP contribution >= 0.6 is 45.2 Å². The Kier molecular flexibility index (Phi) is 4.89. The Labute approximate surface area is 196 Å². The molecule has 0 unspecified atom stereocenters. The Bertz CT molecular complexity index is 1440. The standard InChI is InChI=1S/C22H10I2N2O4/c23-13-5-7-17-15(9-13)21(27)29-19(25-17)11-1-2-12(4-3-11)20-26-18-8-6-14(24)10-16(18)22(28)30-20/h1-10H. The maximum absolute atomic E-state index is 12.3. The summed E-state index contributed by atoms with van der Waals surface area (Å²) in [5.41, 5.74) is 1.54. The molecule has 0 aliphatic carbocycles. The Morgan fingerprint density at radius 2 is 1.00 bits per heavy atom. The van der Waals surface area contributed by atoms with Gasteiger partial charge in [0.25, 0.3) is 0 Å². The molecule has 0 saturated carbocycles. The van der Waals surface area contributed by atoms with E-state index < -0.39 is 11.3 Å². The summed E-state index contributed by atoms with van der Waals surface area (Å²) in [5, 5.41) is 0.887. The third-order valence-corrected chi connectivity index (χ3v) is 5.90. The zero-order valence-corrected chi connectivity index (χ0v) is 19.4. The minimum Gasteiger partial charge on any atom is -0.403 e. The first-order chi connectivity index (χ1) is 14.5. The van der Waals surface area contributed by atoms with E-state index in [4.69, 9.17) is 8.83 Å². The van der Waals surface area contributed by atoms with Crippen LogP contribution in [0.25, 0.3) is 44.7 Å². The van der Waals surface area contributed by atoms with E-state index >= 15 is 0 Å².